The van der Waals surface area contributed by atoms with Gasteiger partial charge >= 0.3 is 5.97 Å². The van der Waals surface area contributed by atoms with Gasteiger partial charge < -0.3 is 10.2 Å². The van der Waals surface area contributed by atoms with E-state index in [9.17, 15) is 9.90 Å². The van der Waals surface area contributed by atoms with Crippen molar-refractivity contribution >= 4 is 17.6 Å². The number of halogens is 1. The Hall–Kier alpha value is -1.66. The summed E-state index contributed by atoms with van der Waals surface area (Å²) in [6.45, 7) is 0. The Morgan fingerprint density at radius 1 is 1.47 bits per heavy atom. The summed E-state index contributed by atoms with van der Waals surface area (Å²) < 4.78 is 0. The lowest BCUT2D eigenvalue weighted by molar-refractivity contribution is 0.0693. The lowest BCUT2D eigenvalue weighted by atomic mass is 10.1. The van der Waals surface area contributed by atoms with Gasteiger partial charge in [-0.05, 0) is 18.2 Å². The van der Waals surface area contributed by atoms with Crippen molar-refractivity contribution in [2.24, 2.45) is 0 Å². The first kappa shape index (κ1) is 11.4. The molecule has 0 saturated carbocycles. The van der Waals surface area contributed by atoms with Crippen molar-refractivity contribution in [2.75, 3.05) is 5.88 Å². The Bertz CT molecular complexity index is 429. The lowest BCUT2D eigenvalue weighted by Crippen LogP contribution is -1.97. The first-order valence-electron chi connectivity index (χ1n) is 4.26. The zero-order valence-corrected chi connectivity index (χ0v) is 8.58. The minimum absolute atomic E-state index is 0.146. The fourth-order valence-electron chi connectivity index (χ4n) is 0.997. The lowest BCUT2D eigenvalue weighted by Gasteiger charge is -1.98. The second kappa shape index (κ2) is 5.28. The average molecular weight is 225 g/mol. The second-order valence-corrected chi connectivity index (χ2v) is 3.16. The molecule has 0 spiro atoms. The average Bonchev–Trinajstić information content (AvgIpc) is 2.20. The number of benzene rings is 1. The number of carbonyl (C=O) groups is 1. The molecule has 0 aromatic heterocycles. The van der Waals surface area contributed by atoms with Gasteiger partial charge in [-0.3, -0.25) is 0 Å². The highest BCUT2D eigenvalue weighted by molar-refractivity contribution is 6.18. The van der Waals surface area contributed by atoms with E-state index in [1.54, 1.807) is 6.07 Å². The van der Waals surface area contributed by atoms with Crippen molar-refractivity contribution in [3.05, 3.63) is 29.3 Å². The highest BCUT2D eigenvalue weighted by Gasteiger charge is 2.08. The van der Waals surface area contributed by atoms with E-state index in [-0.39, 0.29) is 11.3 Å². The molecule has 0 aliphatic carbocycles. The van der Waals surface area contributed by atoms with Gasteiger partial charge in [0.1, 0.15) is 11.3 Å². The molecule has 0 aliphatic rings. The van der Waals surface area contributed by atoms with Crippen LogP contribution in [0.15, 0.2) is 18.2 Å². The highest BCUT2D eigenvalue weighted by atomic mass is 35.5. The Balaban J connectivity index is 2.99. The molecule has 1 aromatic rings. The predicted molar refractivity (Wildman–Crippen MR) is 57.3 cm³/mol. The van der Waals surface area contributed by atoms with Crippen molar-refractivity contribution < 1.29 is 15.0 Å². The summed E-state index contributed by atoms with van der Waals surface area (Å²) in [5, 5.41) is 18.0. The summed E-state index contributed by atoms with van der Waals surface area (Å²) in [7, 11) is 0. The van der Waals surface area contributed by atoms with E-state index >= 15 is 0 Å². The first-order chi connectivity index (χ1) is 7.15. The van der Waals surface area contributed by atoms with Crippen LogP contribution in [0.5, 0.6) is 5.75 Å². The molecule has 4 heteroatoms. The van der Waals surface area contributed by atoms with Crippen LogP contribution in [0.2, 0.25) is 0 Å². The van der Waals surface area contributed by atoms with Crippen LogP contribution < -0.4 is 0 Å². The number of rotatable bonds is 2. The number of phenols is 1. The molecule has 0 heterocycles. The van der Waals surface area contributed by atoms with Crippen LogP contribution in [0.3, 0.4) is 0 Å². The quantitative estimate of drug-likeness (QED) is 0.597. The van der Waals surface area contributed by atoms with Crippen molar-refractivity contribution in [1.29, 1.82) is 0 Å². The van der Waals surface area contributed by atoms with E-state index in [1.807, 2.05) is 0 Å². The van der Waals surface area contributed by atoms with Crippen LogP contribution in [0.4, 0.5) is 0 Å². The third-order valence-corrected chi connectivity index (χ3v) is 1.87. The second-order valence-electron chi connectivity index (χ2n) is 2.78. The largest absolute Gasteiger partial charge is 0.507 e. The number of alkyl halides is 1. The van der Waals surface area contributed by atoms with Crippen molar-refractivity contribution in [3.63, 3.8) is 0 Å². The zero-order valence-electron chi connectivity index (χ0n) is 7.83. The Kier molecular flexibility index (Phi) is 4.02. The third-order valence-electron chi connectivity index (χ3n) is 1.68. The van der Waals surface area contributed by atoms with E-state index in [1.165, 1.54) is 12.1 Å². The van der Waals surface area contributed by atoms with E-state index in [2.05, 4.69) is 11.8 Å². The highest BCUT2D eigenvalue weighted by Crippen LogP contribution is 2.17. The van der Waals surface area contributed by atoms with Crippen molar-refractivity contribution in [2.45, 2.75) is 6.42 Å². The molecule has 1 aromatic carbocycles. The van der Waals surface area contributed by atoms with Crippen LogP contribution in [0.25, 0.3) is 0 Å². The SMILES string of the molecule is O=C(O)c1cc(C#CCCCl)ccc1O. The third kappa shape index (κ3) is 3.19. The summed E-state index contributed by atoms with van der Waals surface area (Å²) in [6, 6.07) is 4.20. The van der Waals surface area contributed by atoms with E-state index in [4.69, 9.17) is 16.7 Å². The Labute approximate surface area is 92.3 Å². The Morgan fingerprint density at radius 3 is 2.80 bits per heavy atom. The van der Waals surface area contributed by atoms with Gasteiger partial charge in [-0.15, -0.1) is 11.6 Å². The molecule has 0 aliphatic heterocycles. The van der Waals surface area contributed by atoms with Gasteiger partial charge in [-0.1, -0.05) is 11.8 Å². The van der Waals surface area contributed by atoms with Crippen LogP contribution in [-0.2, 0) is 0 Å². The number of aromatic hydroxyl groups is 1. The minimum atomic E-state index is -1.17. The molecule has 0 atom stereocenters. The molecule has 0 unspecified atom stereocenters. The fourth-order valence-corrected chi connectivity index (χ4v) is 1.09. The van der Waals surface area contributed by atoms with E-state index in [0.717, 1.165) is 0 Å². The fraction of sp³-hybridized carbons (Fsp3) is 0.182. The summed E-state index contributed by atoms with van der Waals surface area (Å²) >= 11 is 5.44. The predicted octanol–water partition coefficient (Wildman–Crippen LogP) is 2.07. The normalized spacial score (nSPS) is 9.13. The van der Waals surface area contributed by atoms with Gasteiger partial charge in [0, 0.05) is 17.9 Å². The number of carboxylic acid groups (broad SMARTS) is 1. The maximum atomic E-state index is 10.7. The molecule has 78 valence electrons. The molecule has 0 fully saturated rings. The van der Waals surface area contributed by atoms with E-state index < -0.39 is 5.97 Å². The van der Waals surface area contributed by atoms with Crippen LogP contribution >= 0.6 is 11.6 Å². The summed E-state index contributed by atoms with van der Waals surface area (Å²) in [6.07, 6.45) is 0.546. The van der Waals surface area contributed by atoms with Gasteiger partial charge in [0.05, 0.1) is 0 Å². The molecule has 0 bridgehead atoms. The molecule has 15 heavy (non-hydrogen) atoms. The van der Waals surface area contributed by atoms with Gasteiger partial charge in [0.15, 0.2) is 0 Å². The van der Waals surface area contributed by atoms with Crippen LogP contribution in [0, 0.1) is 11.8 Å². The maximum absolute atomic E-state index is 10.7. The van der Waals surface area contributed by atoms with Gasteiger partial charge in [-0.2, -0.15) is 0 Å². The number of hydrogen-bond donors (Lipinski definition) is 2. The summed E-state index contributed by atoms with van der Waals surface area (Å²) in [5.41, 5.74) is 0.406. The first-order valence-corrected chi connectivity index (χ1v) is 4.79. The molecule has 2 N–H and O–H groups in total. The van der Waals surface area contributed by atoms with Crippen LogP contribution in [-0.4, -0.2) is 22.1 Å². The van der Waals surface area contributed by atoms with Crippen molar-refractivity contribution in [1.82, 2.24) is 0 Å². The monoisotopic (exact) mass is 224 g/mol. The molecule has 1 rings (SSSR count). The van der Waals surface area contributed by atoms with Crippen molar-refractivity contribution in [3.8, 4) is 17.6 Å². The topological polar surface area (TPSA) is 57.5 Å². The van der Waals surface area contributed by atoms with E-state index in [0.29, 0.717) is 17.9 Å². The number of hydrogen-bond acceptors (Lipinski definition) is 2. The standard InChI is InChI=1S/C11H9ClO3/c12-6-2-1-3-8-4-5-10(13)9(7-8)11(14)15/h4-5,7,13H,2,6H2,(H,14,15). The van der Waals surface area contributed by atoms with Crippen LogP contribution in [0.1, 0.15) is 22.3 Å². The molecule has 3 nitrogen and oxygen atoms in total. The molecule has 0 saturated heterocycles. The molecular weight excluding hydrogens is 216 g/mol. The molecule has 0 radical (unpaired) electrons. The smallest absolute Gasteiger partial charge is 0.339 e. The minimum Gasteiger partial charge on any atom is -0.507 e. The van der Waals surface area contributed by atoms with Gasteiger partial charge in [0.25, 0.3) is 0 Å². The summed E-state index contributed by atoms with van der Waals surface area (Å²) in [4.78, 5) is 10.7. The maximum Gasteiger partial charge on any atom is 0.339 e. The number of carboxylic acids is 1. The molecule has 0 amide bonds. The summed E-state index contributed by atoms with van der Waals surface area (Å²) in [5.74, 6) is 4.55. The zero-order chi connectivity index (χ0) is 11.3. The Morgan fingerprint density at radius 2 is 2.20 bits per heavy atom. The van der Waals surface area contributed by atoms with Gasteiger partial charge in [-0.25, -0.2) is 4.79 Å². The van der Waals surface area contributed by atoms with Gasteiger partial charge in [0.2, 0.25) is 0 Å². The number of aromatic carboxylic acids is 1. The molecular formula is C11H9ClO3.